The molecular formula is C20H26Cl2N2O3. The Kier molecular flexibility index (Phi) is 9.43. The molecule has 5 nitrogen and oxygen atoms in total. The average Bonchev–Trinajstić information content (AvgIpc) is 2.63. The summed E-state index contributed by atoms with van der Waals surface area (Å²) in [4.78, 5) is 14.2. The number of ether oxygens (including phenoxy) is 2. The number of carbonyl (C=O) groups excluding carboxylic acids is 1. The zero-order valence-electron chi connectivity index (χ0n) is 16.0. The second kappa shape index (κ2) is 11.0. The second-order valence-electron chi connectivity index (χ2n) is 6.23. The molecule has 2 aromatic carbocycles. The first-order chi connectivity index (χ1) is 12.4. The Morgan fingerprint density at radius 3 is 2.56 bits per heavy atom. The van der Waals surface area contributed by atoms with E-state index in [0.29, 0.717) is 17.3 Å². The Bertz CT molecular complexity index is 754. The van der Waals surface area contributed by atoms with Crippen LogP contribution in [-0.4, -0.2) is 45.2 Å². The van der Waals surface area contributed by atoms with Gasteiger partial charge in [-0.3, -0.25) is 4.79 Å². The van der Waals surface area contributed by atoms with E-state index in [4.69, 9.17) is 21.1 Å². The van der Waals surface area contributed by atoms with Crippen molar-refractivity contribution in [2.75, 3.05) is 34.4 Å². The molecule has 1 amide bonds. The van der Waals surface area contributed by atoms with Gasteiger partial charge in [0, 0.05) is 17.1 Å². The van der Waals surface area contributed by atoms with Gasteiger partial charge in [-0.2, -0.15) is 0 Å². The van der Waals surface area contributed by atoms with Crippen molar-refractivity contribution < 1.29 is 14.3 Å². The van der Waals surface area contributed by atoms with Crippen molar-refractivity contribution in [3.63, 3.8) is 0 Å². The Morgan fingerprint density at radius 2 is 1.93 bits per heavy atom. The molecular weight excluding hydrogens is 387 g/mol. The minimum atomic E-state index is -0.181. The van der Waals surface area contributed by atoms with Crippen molar-refractivity contribution in [2.24, 2.45) is 0 Å². The summed E-state index contributed by atoms with van der Waals surface area (Å²) in [6.45, 7) is 2.30. The summed E-state index contributed by atoms with van der Waals surface area (Å²) in [6.07, 6.45) is 0. The Hall–Kier alpha value is -1.95. The smallest absolute Gasteiger partial charge is 0.258 e. The van der Waals surface area contributed by atoms with Gasteiger partial charge in [0.2, 0.25) is 0 Å². The van der Waals surface area contributed by atoms with Crippen molar-refractivity contribution in [3.05, 3.63) is 58.6 Å². The number of nitrogens with zero attached hydrogens (tertiary/aromatic N) is 1. The van der Waals surface area contributed by atoms with Crippen LogP contribution in [0.15, 0.2) is 42.5 Å². The van der Waals surface area contributed by atoms with Crippen molar-refractivity contribution in [1.29, 1.82) is 0 Å². The highest BCUT2D eigenvalue weighted by molar-refractivity contribution is 6.31. The molecule has 0 saturated heterocycles. The highest BCUT2D eigenvalue weighted by atomic mass is 35.5. The van der Waals surface area contributed by atoms with E-state index in [2.05, 4.69) is 5.32 Å². The normalized spacial score (nSPS) is 11.5. The molecule has 0 radical (unpaired) electrons. The highest BCUT2D eigenvalue weighted by Gasteiger charge is 2.19. The molecule has 1 N–H and O–H groups in total. The number of methoxy groups -OCH3 is 1. The van der Waals surface area contributed by atoms with Gasteiger partial charge in [-0.25, -0.2) is 0 Å². The van der Waals surface area contributed by atoms with Crippen LogP contribution in [0.4, 0.5) is 0 Å². The van der Waals surface area contributed by atoms with E-state index in [1.807, 2.05) is 56.3 Å². The molecule has 0 heterocycles. The molecule has 0 aliphatic rings. The van der Waals surface area contributed by atoms with Gasteiger partial charge in [0.15, 0.2) is 6.61 Å². The molecule has 0 aliphatic heterocycles. The zero-order valence-corrected chi connectivity index (χ0v) is 17.6. The topological polar surface area (TPSA) is 50.8 Å². The standard InChI is InChI=1S/C20H25ClN2O3.ClH/c1-14-11-15(9-10-17(14)21)26-13-20(24)22-12-18(23(2)3)16-7-5-6-8-19(16)25-4;/h5-11,18H,12-13H2,1-4H3,(H,22,24);1H. The van der Waals surface area contributed by atoms with E-state index >= 15 is 0 Å². The van der Waals surface area contributed by atoms with Crippen LogP contribution in [0.2, 0.25) is 5.02 Å². The van der Waals surface area contributed by atoms with E-state index in [9.17, 15) is 4.79 Å². The molecule has 2 rings (SSSR count). The highest BCUT2D eigenvalue weighted by Crippen LogP contribution is 2.27. The van der Waals surface area contributed by atoms with E-state index in [0.717, 1.165) is 16.9 Å². The molecule has 0 aromatic heterocycles. The van der Waals surface area contributed by atoms with Crippen molar-refractivity contribution in [3.8, 4) is 11.5 Å². The molecule has 0 saturated carbocycles. The fourth-order valence-electron chi connectivity index (χ4n) is 2.63. The predicted molar refractivity (Wildman–Crippen MR) is 111 cm³/mol. The maximum atomic E-state index is 12.2. The van der Waals surface area contributed by atoms with Crippen LogP contribution in [0, 0.1) is 6.92 Å². The first-order valence-corrected chi connectivity index (χ1v) is 8.75. The molecule has 0 bridgehead atoms. The fourth-order valence-corrected chi connectivity index (χ4v) is 2.75. The summed E-state index contributed by atoms with van der Waals surface area (Å²) in [5.74, 6) is 1.24. The molecule has 7 heteroatoms. The van der Waals surface area contributed by atoms with Crippen molar-refractivity contribution >= 4 is 29.9 Å². The number of benzene rings is 2. The number of hydrogen-bond acceptors (Lipinski definition) is 4. The van der Waals surface area contributed by atoms with Crippen LogP contribution < -0.4 is 14.8 Å². The van der Waals surface area contributed by atoms with Gasteiger partial charge in [0.25, 0.3) is 5.91 Å². The van der Waals surface area contributed by atoms with Gasteiger partial charge >= 0.3 is 0 Å². The number of amides is 1. The average molecular weight is 413 g/mol. The monoisotopic (exact) mass is 412 g/mol. The summed E-state index contributed by atoms with van der Waals surface area (Å²) in [5.41, 5.74) is 1.93. The van der Waals surface area contributed by atoms with Crippen LogP contribution in [0.5, 0.6) is 11.5 Å². The summed E-state index contributed by atoms with van der Waals surface area (Å²) in [6, 6.07) is 13.1. The number of para-hydroxylation sites is 1. The summed E-state index contributed by atoms with van der Waals surface area (Å²) >= 11 is 5.99. The summed E-state index contributed by atoms with van der Waals surface area (Å²) in [5, 5.41) is 3.60. The molecule has 0 spiro atoms. The lowest BCUT2D eigenvalue weighted by atomic mass is 10.0. The number of aryl methyl sites for hydroxylation is 1. The molecule has 0 fully saturated rings. The summed E-state index contributed by atoms with van der Waals surface area (Å²) < 4.78 is 11.0. The molecule has 1 unspecified atom stereocenters. The van der Waals surface area contributed by atoms with Gasteiger partial charge in [-0.1, -0.05) is 29.8 Å². The third kappa shape index (κ3) is 6.61. The molecule has 0 aliphatic carbocycles. The van der Waals surface area contributed by atoms with Crippen LogP contribution in [0.1, 0.15) is 17.2 Å². The Morgan fingerprint density at radius 1 is 1.22 bits per heavy atom. The van der Waals surface area contributed by atoms with E-state index < -0.39 is 0 Å². The molecule has 27 heavy (non-hydrogen) atoms. The minimum absolute atomic E-state index is 0. The first-order valence-electron chi connectivity index (χ1n) is 8.37. The Balaban J connectivity index is 0.00000364. The van der Waals surface area contributed by atoms with E-state index in [1.165, 1.54) is 0 Å². The lowest BCUT2D eigenvalue weighted by Gasteiger charge is -2.26. The van der Waals surface area contributed by atoms with E-state index in [1.54, 1.807) is 19.2 Å². The number of carbonyl (C=O) groups is 1. The Labute approximate surface area is 172 Å². The van der Waals surface area contributed by atoms with Crippen LogP contribution in [0.3, 0.4) is 0 Å². The van der Waals surface area contributed by atoms with Gasteiger partial charge in [0.1, 0.15) is 11.5 Å². The minimum Gasteiger partial charge on any atom is -0.496 e. The number of nitrogens with one attached hydrogen (secondary N) is 1. The SMILES string of the molecule is COc1ccccc1C(CNC(=O)COc1ccc(Cl)c(C)c1)N(C)C.Cl. The van der Waals surface area contributed by atoms with Gasteiger partial charge in [0.05, 0.1) is 13.2 Å². The molecule has 1 atom stereocenters. The largest absolute Gasteiger partial charge is 0.496 e. The van der Waals surface area contributed by atoms with Crippen LogP contribution in [0.25, 0.3) is 0 Å². The van der Waals surface area contributed by atoms with Crippen LogP contribution in [-0.2, 0) is 4.79 Å². The maximum Gasteiger partial charge on any atom is 0.258 e. The van der Waals surface area contributed by atoms with Gasteiger partial charge < -0.3 is 19.7 Å². The molecule has 148 valence electrons. The van der Waals surface area contributed by atoms with Crippen LogP contribution >= 0.6 is 24.0 Å². The zero-order chi connectivity index (χ0) is 19.1. The summed E-state index contributed by atoms with van der Waals surface area (Å²) in [7, 11) is 5.58. The van der Waals surface area contributed by atoms with Crippen molar-refractivity contribution in [2.45, 2.75) is 13.0 Å². The van der Waals surface area contributed by atoms with Gasteiger partial charge in [-0.15, -0.1) is 12.4 Å². The quantitative estimate of drug-likeness (QED) is 0.714. The van der Waals surface area contributed by atoms with Crippen molar-refractivity contribution in [1.82, 2.24) is 10.2 Å². The second-order valence-corrected chi connectivity index (χ2v) is 6.63. The number of halogens is 2. The fraction of sp³-hybridized carbons (Fsp3) is 0.350. The number of likely N-dealkylation sites (N-methyl/N-ethyl adjacent to an activating group) is 1. The third-order valence-corrected chi connectivity index (χ3v) is 4.54. The predicted octanol–water partition coefficient (Wildman–Crippen LogP) is 3.88. The lowest BCUT2D eigenvalue weighted by Crippen LogP contribution is -2.37. The number of hydrogen-bond donors (Lipinski definition) is 1. The third-order valence-electron chi connectivity index (χ3n) is 4.11. The van der Waals surface area contributed by atoms with E-state index in [-0.39, 0.29) is 31.0 Å². The number of rotatable bonds is 8. The lowest BCUT2D eigenvalue weighted by molar-refractivity contribution is -0.123. The maximum absolute atomic E-state index is 12.2. The van der Waals surface area contributed by atoms with Gasteiger partial charge in [-0.05, 0) is 50.8 Å². The molecule has 2 aromatic rings. The first kappa shape index (κ1) is 23.1.